The number of carbonyl (C=O) groups excluding carboxylic acids is 2. The summed E-state index contributed by atoms with van der Waals surface area (Å²) in [5.41, 5.74) is 1.11. The van der Waals surface area contributed by atoms with Gasteiger partial charge in [-0.3, -0.25) is 14.3 Å². The molecule has 0 spiro atoms. The second kappa shape index (κ2) is 9.94. The molecule has 182 valence electrons. The van der Waals surface area contributed by atoms with E-state index in [0.29, 0.717) is 41.8 Å². The van der Waals surface area contributed by atoms with E-state index in [1.807, 2.05) is 0 Å². The van der Waals surface area contributed by atoms with Crippen LogP contribution in [0, 0.1) is 0 Å². The van der Waals surface area contributed by atoms with Gasteiger partial charge >= 0.3 is 0 Å². The van der Waals surface area contributed by atoms with Crippen LogP contribution in [0.1, 0.15) is 17.3 Å². The first-order valence-electron chi connectivity index (χ1n) is 10.5. The molecule has 0 atom stereocenters. The normalized spacial score (nSPS) is 12.4. The van der Waals surface area contributed by atoms with Gasteiger partial charge < -0.3 is 24.8 Å². The van der Waals surface area contributed by atoms with Crippen LogP contribution in [-0.4, -0.2) is 40.6 Å². The zero-order chi connectivity index (χ0) is 25.0. The molecular weight excluding hydrogens is 474 g/mol. The minimum Gasteiger partial charge on any atom is -0.497 e. The van der Waals surface area contributed by atoms with Gasteiger partial charge in [-0.2, -0.15) is 0 Å². The number of sulfonamides is 1. The van der Waals surface area contributed by atoms with Gasteiger partial charge in [0.2, 0.25) is 5.91 Å². The van der Waals surface area contributed by atoms with Gasteiger partial charge in [-0.15, -0.1) is 0 Å². The Balaban J connectivity index is 1.54. The Morgan fingerprint density at radius 3 is 2.40 bits per heavy atom. The van der Waals surface area contributed by atoms with Crippen molar-refractivity contribution in [2.75, 3.05) is 35.7 Å². The zero-order valence-electron chi connectivity index (χ0n) is 19.0. The quantitative estimate of drug-likeness (QED) is 0.455. The van der Waals surface area contributed by atoms with Gasteiger partial charge in [0.15, 0.2) is 11.5 Å². The van der Waals surface area contributed by atoms with Crippen LogP contribution in [0.4, 0.5) is 17.1 Å². The molecule has 4 rings (SSSR count). The first-order chi connectivity index (χ1) is 16.7. The minimum atomic E-state index is -3.96. The van der Waals surface area contributed by atoms with Gasteiger partial charge in [0.1, 0.15) is 19.0 Å². The molecule has 1 aliphatic rings. The number of methoxy groups -OCH3 is 1. The summed E-state index contributed by atoms with van der Waals surface area (Å²) in [7, 11) is -2.48. The number of rotatable bonds is 7. The third-order valence-corrected chi connectivity index (χ3v) is 6.37. The van der Waals surface area contributed by atoms with Crippen LogP contribution in [0.25, 0.3) is 0 Å². The number of anilines is 3. The number of amides is 2. The Hall–Kier alpha value is -4.25. The molecule has 0 aliphatic carbocycles. The standard InChI is InChI=1S/C24H23N3O7S/c1-15(28)25-20-8-6-18(32-2)13-21(20)26-24(29)16-4-3-5-17(12-16)27-35(30,31)19-7-9-22-23(14-19)34-11-10-33-22/h3-9,12-14,27H,10-11H2,1-2H3,(H,25,28)(H,26,29). The van der Waals surface area contributed by atoms with E-state index in [4.69, 9.17) is 14.2 Å². The lowest BCUT2D eigenvalue weighted by atomic mass is 10.1. The Morgan fingerprint density at radius 2 is 1.66 bits per heavy atom. The molecule has 3 N–H and O–H groups in total. The molecule has 3 aromatic carbocycles. The van der Waals surface area contributed by atoms with E-state index < -0.39 is 15.9 Å². The highest BCUT2D eigenvalue weighted by Gasteiger charge is 2.20. The van der Waals surface area contributed by atoms with E-state index in [-0.39, 0.29) is 22.1 Å². The van der Waals surface area contributed by atoms with Crippen LogP contribution >= 0.6 is 0 Å². The summed E-state index contributed by atoms with van der Waals surface area (Å²) >= 11 is 0. The number of ether oxygens (including phenoxy) is 3. The first kappa shape index (κ1) is 23.9. The SMILES string of the molecule is COc1ccc(NC(C)=O)c(NC(=O)c2cccc(NS(=O)(=O)c3ccc4c(c3)OCCO4)c2)c1. The maximum atomic E-state index is 12.9. The van der Waals surface area contributed by atoms with Crippen molar-refractivity contribution in [1.29, 1.82) is 0 Å². The lowest BCUT2D eigenvalue weighted by Crippen LogP contribution is -2.18. The molecule has 0 aromatic heterocycles. The second-order valence-electron chi connectivity index (χ2n) is 7.54. The highest BCUT2D eigenvalue weighted by atomic mass is 32.2. The largest absolute Gasteiger partial charge is 0.497 e. The van der Waals surface area contributed by atoms with Crippen molar-refractivity contribution in [1.82, 2.24) is 0 Å². The van der Waals surface area contributed by atoms with E-state index in [9.17, 15) is 18.0 Å². The van der Waals surface area contributed by atoms with Crippen LogP contribution in [0.2, 0.25) is 0 Å². The Labute approximate surface area is 202 Å². The highest BCUT2D eigenvalue weighted by molar-refractivity contribution is 7.92. The third-order valence-electron chi connectivity index (χ3n) is 4.99. The summed E-state index contributed by atoms with van der Waals surface area (Å²) in [6.45, 7) is 2.08. The fraction of sp³-hybridized carbons (Fsp3) is 0.167. The lowest BCUT2D eigenvalue weighted by molar-refractivity contribution is -0.114. The monoisotopic (exact) mass is 497 g/mol. The molecule has 35 heavy (non-hydrogen) atoms. The molecule has 0 saturated carbocycles. The number of hydrogen-bond acceptors (Lipinski definition) is 7. The van der Waals surface area contributed by atoms with Gasteiger partial charge in [0, 0.05) is 30.3 Å². The minimum absolute atomic E-state index is 0.00654. The topological polar surface area (TPSA) is 132 Å². The van der Waals surface area contributed by atoms with E-state index in [1.54, 1.807) is 24.3 Å². The van der Waals surface area contributed by atoms with Crippen LogP contribution in [-0.2, 0) is 14.8 Å². The number of nitrogens with one attached hydrogen (secondary N) is 3. The van der Waals surface area contributed by atoms with Crippen LogP contribution in [0.15, 0.2) is 65.6 Å². The highest BCUT2D eigenvalue weighted by Crippen LogP contribution is 2.33. The van der Waals surface area contributed by atoms with E-state index in [2.05, 4.69) is 15.4 Å². The molecule has 2 amide bonds. The fourth-order valence-electron chi connectivity index (χ4n) is 3.38. The van der Waals surface area contributed by atoms with Crippen LogP contribution in [0.3, 0.4) is 0 Å². The van der Waals surface area contributed by atoms with Crippen molar-refractivity contribution in [2.24, 2.45) is 0 Å². The van der Waals surface area contributed by atoms with E-state index in [1.165, 1.54) is 50.4 Å². The average molecular weight is 498 g/mol. The number of fused-ring (bicyclic) bond motifs is 1. The molecule has 11 heteroatoms. The zero-order valence-corrected chi connectivity index (χ0v) is 19.8. The number of carbonyl (C=O) groups is 2. The van der Waals surface area contributed by atoms with E-state index in [0.717, 1.165) is 0 Å². The van der Waals surface area contributed by atoms with Gasteiger partial charge in [-0.1, -0.05) is 6.07 Å². The van der Waals surface area contributed by atoms with Crippen molar-refractivity contribution in [3.05, 3.63) is 66.2 Å². The molecule has 10 nitrogen and oxygen atoms in total. The summed E-state index contributed by atoms with van der Waals surface area (Å²) in [4.78, 5) is 24.4. The molecule has 0 bridgehead atoms. The molecular formula is C24H23N3O7S. The Morgan fingerprint density at radius 1 is 0.886 bits per heavy atom. The van der Waals surface area contributed by atoms with Crippen LogP contribution < -0.4 is 29.6 Å². The predicted octanol–water partition coefficient (Wildman–Crippen LogP) is 3.48. The van der Waals surface area contributed by atoms with Crippen molar-refractivity contribution >= 4 is 38.9 Å². The molecule has 0 saturated heterocycles. The van der Waals surface area contributed by atoms with Crippen molar-refractivity contribution in [3.63, 3.8) is 0 Å². The average Bonchev–Trinajstić information content (AvgIpc) is 2.84. The van der Waals surface area contributed by atoms with Crippen molar-refractivity contribution in [3.8, 4) is 17.2 Å². The molecule has 0 radical (unpaired) electrons. The lowest BCUT2D eigenvalue weighted by Gasteiger charge is -2.19. The van der Waals surface area contributed by atoms with Gasteiger partial charge in [-0.05, 0) is 42.5 Å². The van der Waals surface area contributed by atoms with Crippen molar-refractivity contribution < 1.29 is 32.2 Å². The summed E-state index contributed by atoms with van der Waals surface area (Å²) in [5, 5.41) is 5.37. The van der Waals surface area contributed by atoms with Gasteiger partial charge in [0.05, 0.1) is 23.4 Å². The third kappa shape index (κ3) is 5.64. The Kier molecular flexibility index (Phi) is 6.78. The summed E-state index contributed by atoms with van der Waals surface area (Å²) in [6, 6.07) is 15.2. The van der Waals surface area contributed by atoms with Crippen LogP contribution in [0.5, 0.6) is 17.2 Å². The Bertz CT molecular complexity index is 1390. The molecule has 1 aliphatic heterocycles. The summed E-state index contributed by atoms with van der Waals surface area (Å²) in [6.07, 6.45) is 0. The molecule has 0 fully saturated rings. The molecule has 1 heterocycles. The number of hydrogen-bond donors (Lipinski definition) is 3. The van der Waals surface area contributed by atoms with Gasteiger partial charge in [0.25, 0.3) is 15.9 Å². The maximum absolute atomic E-state index is 12.9. The summed E-state index contributed by atoms with van der Waals surface area (Å²) < 4.78 is 44.4. The number of benzene rings is 3. The summed E-state index contributed by atoms with van der Waals surface area (Å²) in [5.74, 6) is 0.493. The molecule has 0 unspecified atom stereocenters. The maximum Gasteiger partial charge on any atom is 0.262 e. The first-order valence-corrected chi connectivity index (χ1v) is 12.0. The fourth-order valence-corrected chi connectivity index (χ4v) is 4.44. The molecule has 3 aromatic rings. The van der Waals surface area contributed by atoms with Gasteiger partial charge in [-0.25, -0.2) is 8.42 Å². The second-order valence-corrected chi connectivity index (χ2v) is 9.22. The smallest absolute Gasteiger partial charge is 0.262 e. The predicted molar refractivity (Wildman–Crippen MR) is 130 cm³/mol. The van der Waals surface area contributed by atoms with E-state index >= 15 is 0 Å². The van der Waals surface area contributed by atoms with Crippen molar-refractivity contribution in [2.45, 2.75) is 11.8 Å².